The monoisotopic (exact) mass is 370 g/mol. The molecule has 2 N–H and O–H groups in total. The molecule has 134 valence electrons. The molecule has 0 saturated heterocycles. The van der Waals surface area contributed by atoms with Gasteiger partial charge in [0.1, 0.15) is 0 Å². The number of methoxy groups -OCH3 is 2. The third kappa shape index (κ3) is 4.28. The Bertz CT molecular complexity index is 906. The molecule has 1 aromatic heterocycles. The first-order chi connectivity index (χ1) is 12.7. The average Bonchev–Trinajstić information content (AvgIpc) is 3.09. The summed E-state index contributed by atoms with van der Waals surface area (Å²) in [6.07, 6.45) is 1.54. The number of para-hydroxylation sites is 1. The summed E-state index contributed by atoms with van der Waals surface area (Å²) in [7, 11) is 3.14. The summed E-state index contributed by atoms with van der Waals surface area (Å²) in [5.41, 5.74) is 4.16. The van der Waals surface area contributed by atoms with Crippen LogP contribution in [0.2, 0.25) is 0 Å². The largest absolute Gasteiger partial charge is 0.493 e. The highest BCUT2D eigenvalue weighted by molar-refractivity contribution is 7.22. The molecule has 0 spiro atoms. The van der Waals surface area contributed by atoms with Crippen LogP contribution in [0.3, 0.4) is 0 Å². The summed E-state index contributed by atoms with van der Waals surface area (Å²) >= 11 is 1.50. The van der Waals surface area contributed by atoms with Gasteiger partial charge in [-0.3, -0.25) is 4.79 Å². The number of aromatic nitrogens is 1. The Balaban J connectivity index is 1.52. The fourth-order valence-corrected chi connectivity index (χ4v) is 3.12. The van der Waals surface area contributed by atoms with E-state index in [2.05, 4.69) is 20.8 Å². The van der Waals surface area contributed by atoms with E-state index in [1.807, 2.05) is 30.3 Å². The van der Waals surface area contributed by atoms with Gasteiger partial charge in [-0.25, -0.2) is 10.4 Å². The Morgan fingerprint density at radius 2 is 2.00 bits per heavy atom. The van der Waals surface area contributed by atoms with Crippen molar-refractivity contribution < 1.29 is 14.3 Å². The molecule has 2 aromatic carbocycles. The van der Waals surface area contributed by atoms with E-state index in [1.165, 1.54) is 17.6 Å². The van der Waals surface area contributed by atoms with Gasteiger partial charge in [0, 0.05) is 0 Å². The molecular formula is C18H18N4O3S. The maximum atomic E-state index is 11.9. The number of carbonyl (C=O) groups excluding carboxylic acids is 1. The van der Waals surface area contributed by atoms with Crippen molar-refractivity contribution in [3.8, 4) is 11.5 Å². The molecule has 0 aliphatic heterocycles. The topological polar surface area (TPSA) is 84.8 Å². The summed E-state index contributed by atoms with van der Waals surface area (Å²) in [5, 5.41) is 7.65. The molecule has 7 nitrogen and oxygen atoms in total. The van der Waals surface area contributed by atoms with Gasteiger partial charge in [0.15, 0.2) is 16.6 Å². The zero-order valence-corrected chi connectivity index (χ0v) is 15.2. The predicted octanol–water partition coefficient (Wildman–Crippen LogP) is 2.88. The highest BCUT2D eigenvalue weighted by Gasteiger charge is 2.05. The number of amides is 1. The standard InChI is InChI=1S/C18H18N4O3S/c1-24-14-8-7-12(9-15(14)25-2)10-20-22-17(23)11-19-18-21-13-5-3-4-6-16(13)26-18/h3-10H,11H2,1-2H3,(H,19,21)(H,22,23)/b20-10-. The van der Waals surface area contributed by atoms with Gasteiger partial charge in [0.05, 0.1) is 37.2 Å². The molecule has 0 atom stereocenters. The Labute approximate surface area is 154 Å². The number of fused-ring (bicyclic) bond motifs is 1. The predicted molar refractivity (Wildman–Crippen MR) is 103 cm³/mol. The number of hydrazone groups is 1. The highest BCUT2D eigenvalue weighted by Crippen LogP contribution is 2.27. The van der Waals surface area contributed by atoms with Gasteiger partial charge in [-0.2, -0.15) is 5.10 Å². The van der Waals surface area contributed by atoms with E-state index in [9.17, 15) is 4.79 Å². The number of benzene rings is 2. The second-order valence-corrected chi connectivity index (χ2v) is 6.28. The SMILES string of the molecule is COc1ccc(/C=N\NC(=O)CNc2nc3ccccc3s2)cc1OC. The summed E-state index contributed by atoms with van der Waals surface area (Å²) in [6.45, 7) is 0.0864. The van der Waals surface area contributed by atoms with E-state index < -0.39 is 0 Å². The van der Waals surface area contributed by atoms with Crippen LogP contribution in [0, 0.1) is 0 Å². The summed E-state index contributed by atoms with van der Waals surface area (Å²) in [6, 6.07) is 13.2. The minimum Gasteiger partial charge on any atom is -0.493 e. The van der Waals surface area contributed by atoms with Gasteiger partial charge in [-0.05, 0) is 35.9 Å². The zero-order valence-electron chi connectivity index (χ0n) is 14.4. The van der Waals surface area contributed by atoms with Crippen molar-refractivity contribution in [1.82, 2.24) is 10.4 Å². The summed E-state index contributed by atoms with van der Waals surface area (Å²) < 4.78 is 11.5. The lowest BCUT2D eigenvalue weighted by Crippen LogP contribution is -2.25. The number of rotatable bonds is 7. The maximum Gasteiger partial charge on any atom is 0.259 e. The van der Waals surface area contributed by atoms with Crippen molar-refractivity contribution in [2.24, 2.45) is 5.10 Å². The number of anilines is 1. The molecule has 0 radical (unpaired) electrons. The maximum absolute atomic E-state index is 11.9. The lowest BCUT2D eigenvalue weighted by Gasteiger charge is -2.07. The fourth-order valence-electron chi connectivity index (χ4n) is 2.26. The van der Waals surface area contributed by atoms with Crippen LogP contribution in [0.15, 0.2) is 47.6 Å². The number of nitrogens with one attached hydrogen (secondary N) is 2. The minimum atomic E-state index is -0.263. The molecule has 3 rings (SSSR count). The molecule has 0 aliphatic carbocycles. The third-order valence-corrected chi connectivity index (χ3v) is 4.50. The van der Waals surface area contributed by atoms with E-state index in [1.54, 1.807) is 26.4 Å². The van der Waals surface area contributed by atoms with Gasteiger partial charge < -0.3 is 14.8 Å². The normalized spacial score (nSPS) is 10.8. The Morgan fingerprint density at radius 3 is 2.77 bits per heavy atom. The Morgan fingerprint density at radius 1 is 1.19 bits per heavy atom. The first-order valence-corrected chi connectivity index (χ1v) is 8.64. The van der Waals surface area contributed by atoms with E-state index in [0.29, 0.717) is 16.6 Å². The van der Waals surface area contributed by atoms with Gasteiger partial charge in [-0.1, -0.05) is 23.5 Å². The van der Waals surface area contributed by atoms with E-state index >= 15 is 0 Å². The Hall–Kier alpha value is -3.13. The summed E-state index contributed by atoms with van der Waals surface area (Å²) in [4.78, 5) is 16.3. The van der Waals surface area contributed by atoms with Crippen LogP contribution in [-0.2, 0) is 4.79 Å². The van der Waals surface area contributed by atoms with Gasteiger partial charge in [-0.15, -0.1) is 0 Å². The van der Waals surface area contributed by atoms with Crippen molar-refractivity contribution in [3.05, 3.63) is 48.0 Å². The zero-order chi connectivity index (χ0) is 18.4. The lowest BCUT2D eigenvalue weighted by atomic mass is 10.2. The minimum absolute atomic E-state index is 0.0864. The van der Waals surface area contributed by atoms with Crippen LogP contribution < -0.4 is 20.2 Å². The highest BCUT2D eigenvalue weighted by atomic mass is 32.1. The van der Waals surface area contributed by atoms with Gasteiger partial charge in [0.25, 0.3) is 5.91 Å². The average molecular weight is 370 g/mol. The van der Waals surface area contributed by atoms with E-state index in [0.717, 1.165) is 15.8 Å². The molecule has 1 amide bonds. The van der Waals surface area contributed by atoms with Crippen LogP contribution >= 0.6 is 11.3 Å². The number of hydrogen-bond acceptors (Lipinski definition) is 7. The quantitative estimate of drug-likeness (QED) is 0.493. The van der Waals surface area contributed by atoms with Gasteiger partial charge in [0.2, 0.25) is 0 Å². The van der Waals surface area contributed by atoms with Crippen LogP contribution in [0.4, 0.5) is 5.13 Å². The number of hydrogen-bond donors (Lipinski definition) is 2. The molecule has 0 fully saturated rings. The smallest absolute Gasteiger partial charge is 0.259 e. The van der Waals surface area contributed by atoms with Gasteiger partial charge >= 0.3 is 0 Å². The number of ether oxygens (including phenoxy) is 2. The summed E-state index contributed by atoms with van der Waals surface area (Å²) in [5.74, 6) is 0.968. The third-order valence-electron chi connectivity index (χ3n) is 3.50. The second kappa shape index (κ2) is 8.30. The number of nitrogens with zero attached hydrogens (tertiary/aromatic N) is 2. The molecule has 8 heteroatoms. The molecule has 0 saturated carbocycles. The molecule has 26 heavy (non-hydrogen) atoms. The van der Waals surface area contributed by atoms with Crippen LogP contribution in [0.25, 0.3) is 10.2 Å². The van der Waals surface area contributed by atoms with Crippen molar-refractivity contribution in [3.63, 3.8) is 0 Å². The molecule has 3 aromatic rings. The van der Waals surface area contributed by atoms with Crippen molar-refractivity contribution in [2.45, 2.75) is 0 Å². The first-order valence-electron chi connectivity index (χ1n) is 7.83. The molecule has 0 bridgehead atoms. The second-order valence-electron chi connectivity index (χ2n) is 5.25. The molecule has 0 aliphatic rings. The Kier molecular flexibility index (Phi) is 5.65. The van der Waals surface area contributed by atoms with E-state index in [4.69, 9.17) is 9.47 Å². The van der Waals surface area contributed by atoms with E-state index in [-0.39, 0.29) is 12.5 Å². The molecule has 1 heterocycles. The van der Waals surface area contributed by atoms with Crippen molar-refractivity contribution >= 4 is 38.8 Å². The molecule has 0 unspecified atom stereocenters. The van der Waals surface area contributed by atoms with Crippen molar-refractivity contribution in [1.29, 1.82) is 0 Å². The lowest BCUT2D eigenvalue weighted by molar-refractivity contribution is -0.119. The fraction of sp³-hybridized carbons (Fsp3) is 0.167. The first kappa shape index (κ1) is 17.7. The van der Waals surface area contributed by atoms with Crippen LogP contribution in [0.5, 0.6) is 11.5 Å². The van der Waals surface area contributed by atoms with Crippen LogP contribution in [0.1, 0.15) is 5.56 Å². The number of carbonyl (C=O) groups is 1. The molecular weight excluding hydrogens is 352 g/mol. The van der Waals surface area contributed by atoms with Crippen molar-refractivity contribution in [2.75, 3.05) is 26.1 Å². The van der Waals surface area contributed by atoms with Crippen LogP contribution in [-0.4, -0.2) is 37.9 Å². The number of thiazole rings is 1.